The van der Waals surface area contributed by atoms with Crippen molar-refractivity contribution in [3.05, 3.63) is 69.8 Å². The maximum absolute atomic E-state index is 3.80. The van der Waals surface area contributed by atoms with Gasteiger partial charge in [-0.25, -0.2) is 0 Å². The summed E-state index contributed by atoms with van der Waals surface area (Å²) in [5.41, 5.74) is 11.1. The van der Waals surface area contributed by atoms with E-state index in [1.54, 1.807) is 0 Å². The predicted octanol–water partition coefficient (Wildman–Crippen LogP) is 6.77. The average Bonchev–Trinajstić information content (AvgIpc) is 2.54. The van der Waals surface area contributed by atoms with E-state index in [2.05, 4.69) is 83.3 Å². The maximum atomic E-state index is 3.80. The highest BCUT2D eigenvalue weighted by atomic mass is 14.9. The van der Waals surface area contributed by atoms with Gasteiger partial charge in [0.05, 0.1) is 6.04 Å². The molecule has 0 spiro atoms. The normalized spacial score (nSPS) is 16.4. The van der Waals surface area contributed by atoms with Crippen molar-refractivity contribution in [2.45, 2.75) is 60.4 Å². The third kappa shape index (κ3) is 3.66. The molecule has 0 aromatic heterocycles. The summed E-state index contributed by atoms with van der Waals surface area (Å²) >= 11 is 0. The molecule has 0 saturated carbocycles. The number of fused-ring (bicyclic) bond motifs is 1. The van der Waals surface area contributed by atoms with Gasteiger partial charge in [-0.15, -0.1) is 0 Å². The van der Waals surface area contributed by atoms with Gasteiger partial charge in [-0.3, -0.25) is 0 Å². The lowest BCUT2D eigenvalue weighted by atomic mass is 9.85. The van der Waals surface area contributed by atoms with Crippen LogP contribution in [-0.4, -0.2) is 0 Å². The molecule has 1 aliphatic heterocycles. The quantitative estimate of drug-likeness (QED) is 0.651. The number of rotatable bonds is 4. The fraction of sp³-hybridized carbons (Fsp3) is 0.417. The number of aryl methyl sites for hydroxylation is 3. The van der Waals surface area contributed by atoms with Gasteiger partial charge in [-0.2, -0.15) is 0 Å². The summed E-state index contributed by atoms with van der Waals surface area (Å²) in [5.74, 6) is 0.656. The molecule has 1 atom stereocenters. The number of hydrogen-bond acceptors (Lipinski definition) is 1. The lowest BCUT2D eigenvalue weighted by Gasteiger charge is -2.30. The number of allylic oxidation sites excluding steroid dienone is 1. The Balaban J connectivity index is 2.12. The topological polar surface area (TPSA) is 12.0 Å². The molecular weight excluding hydrogens is 302 g/mol. The molecule has 1 aliphatic rings. The van der Waals surface area contributed by atoms with E-state index in [1.165, 1.54) is 44.6 Å². The zero-order valence-electron chi connectivity index (χ0n) is 16.5. The Kier molecular flexibility index (Phi) is 5.03. The molecule has 2 aromatic carbocycles. The van der Waals surface area contributed by atoms with Crippen LogP contribution in [0.25, 0.3) is 5.57 Å². The van der Waals surface area contributed by atoms with E-state index in [0.29, 0.717) is 5.92 Å². The Morgan fingerprint density at radius 1 is 1.00 bits per heavy atom. The van der Waals surface area contributed by atoms with Crippen LogP contribution in [0.15, 0.2) is 36.4 Å². The molecule has 0 bridgehead atoms. The highest BCUT2D eigenvalue weighted by Crippen LogP contribution is 2.40. The van der Waals surface area contributed by atoms with Crippen LogP contribution in [-0.2, 0) is 6.42 Å². The van der Waals surface area contributed by atoms with Crippen LogP contribution in [0.2, 0.25) is 0 Å². The van der Waals surface area contributed by atoms with Gasteiger partial charge >= 0.3 is 0 Å². The van der Waals surface area contributed by atoms with Gasteiger partial charge in [0, 0.05) is 11.3 Å². The highest BCUT2D eigenvalue weighted by molar-refractivity contribution is 5.81. The lowest BCUT2D eigenvalue weighted by Crippen LogP contribution is -2.17. The smallest absolute Gasteiger partial charge is 0.0706 e. The van der Waals surface area contributed by atoms with Crippen molar-refractivity contribution in [1.29, 1.82) is 0 Å². The standard InChI is InChI=1S/C24H31N/c1-7-20-18(6)11-17(5)13-22(20)24-14-19(10-15(2)3)21-12-16(4)8-9-23(21)25-24/h8-9,11-15,24-25H,7,10H2,1-6H3. The fourth-order valence-corrected chi connectivity index (χ4v) is 4.13. The third-order valence-electron chi connectivity index (χ3n) is 5.17. The van der Waals surface area contributed by atoms with E-state index in [-0.39, 0.29) is 6.04 Å². The molecule has 1 heterocycles. The van der Waals surface area contributed by atoms with Crippen LogP contribution in [0.3, 0.4) is 0 Å². The summed E-state index contributed by atoms with van der Waals surface area (Å²) in [6.07, 6.45) is 4.67. The van der Waals surface area contributed by atoms with Crippen molar-refractivity contribution in [2.75, 3.05) is 5.32 Å². The average molecular weight is 334 g/mol. The Labute approximate surface area is 153 Å². The molecule has 2 aromatic rings. The summed E-state index contributed by atoms with van der Waals surface area (Å²) in [7, 11) is 0. The van der Waals surface area contributed by atoms with Crippen molar-refractivity contribution in [1.82, 2.24) is 0 Å². The minimum Gasteiger partial charge on any atom is -0.374 e. The highest BCUT2D eigenvalue weighted by Gasteiger charge is 2.23. The van der Waals surface area contributed by atoms with Crippen LogP contribution in [0.1, 0.15) is 66.6 Å². The van der Waals surface area contributed by atoms with Crippen molar-refractivity contribution < 1.29 is 0 Å². The minimum atomic E-state index is 0.262. The van der Waals surface area contributed by atoms with Crippen molar-refractivity contribution in [2.24, 2.45) is 5.92 Å². The van der Waals surface area contributed by atoms with E-state index < -0.39 is 0 Å². The summed E-state index contributed by atoms with van der Waals surface area (Å²) in [6.45, 7) is 13.5. The van der Waals surface area contributed by atoms with Crippen molar-refractivity contribution in [3.63, 3.8) is 0 Å². The monoisotopic (exact) mass is 333 g/mol. The first-order chi connectivity index (χ1) is 11.9. The van der Waals surface area contributed by atoms with Gasteiger partial charge in [0.1, 0.15) is 0 Å². The van der Waals surface area contributed by atoms with E-state index in [0.717, 1.165) is 12.8 Å². The second-order valence-corrected chi connectivity index (χ2v) is 7.96. The summed E-state index contributed by atoms with van der Waals surface area (Å²) in [4.78, 5) is 0. The zero-order chi connectivity index (χ0) is 18.1. The lowest BCUT2D eigenvalue weighted by molar-refractivity contribution is 0.670. The SMILES string of the molecule is CCc1c(C)cc(C)cc1C1C=C(CC(C)C)c2cc(C)ccc2N1. The summed E-state index contributed by atoms with van der Waals surface area (Å²) in [5, 5.41) is 3.80. The molecule has 0 amide bonds. The predicted molar refractivity (Wildman–Crippen MR) is 110 cm³/mol. The first kappa shape index (κ1) is 17.8. The first-order valence-electron chi connectivity index (χ1n) is 9.57. The van der Waals surface area contributed by atoms with Crippen molar-refractivity contribution >= 4 is 11.3 Å². The molecule has 1 unspecified atom stereocenters. The van der Waals surface area contributed by atoms with E-state index in [4.69, 9.17) is 0 Å². The van der Waals surface area contributed by atoms with Gasteiger partial charge in [-0.05, 0) is 73.9 Å². The minimum absolute atomic E-state index is 0.262. The van der Waals surface area contributed by atoms with Crippen LogP contribution in [0.5, 0.6) is 0 Å². The second-order valence-electron chi connectivity index (χ2n) is 7.96. The summed E-state index contributed by atoms with van der Waals surface area (Å²) in [6, 6.07) is 11.7. The Morgan fingerprint density at radius 3 is 2.44 bits per heavy atom. The molecule has 3 rings (SSSR count). The van der Waals surface area contributed by atoms with Gasteiger partial charge < -0.3 is 5.32 Å². The largest absolute Gasteiger partial charge is 0.374 e. The second kappa shape index (κ2) is 7.07. The van der Waals surface area contributed by atoms with Crippen LogP contribution < -0.4 is 5.32 Å². The maximum Gasteiger partial charge on any atom is 0.0706 e. The third-order valence-corrected chi connectivity index (χ3v) is 5.17. The molecule has 132 valence electrons. The van der Waals surface area contributed by atoms with Crippen LogP contribution in [0.4, 0.5) is 5.69 Å². The van der Waals surface area contributed by atoms with E-state index in [1.807, 2.05) is 0 Å². The van der Waals surface area contributed by atoms with Gasteiger partial charge in [0.2, 0.25) is 0 Å². The van der Waals surface area contributed by atoms with Crippen molar-refractivity contribution in [3.8, 4) is 0 Å². The Morgan fingerprint density at radius 2 is 1.76 bits per heavy atom. The molecule has 25 heavy (non-hydrogen) atoms. The Bertz CT molecular complexity index is 811. The zero-order valence-corrected chi connectivity index (χ0v) is 16.5. The number of nitrogens with one attached hydrogen (secondary N) is 1. The molecule has 0 radical (unpaired) electrons. The Hall–Kier alpha value is -2.02. The first-order valence-corrected chi connectivity index (χ1v) is 9.57. The number of anilines is 1. The van der Waals surface area contributed by atoms with Gasteiger partial charge in [0.25, 0.3) is 0 Å². The van der Waals surface area contributed by atoms with Crippen LogP contribution >= 0.6 is 0 Å². The molecule has 1 N–H and O–H groups in total. The number of benzene rings is 2. The molecular formula is C24H31N. The summed E-state index contributed by atoms with van der Waals surface area (Å²) < 4.78 is 0. The molecule has 1 heteroatoms. The molecule has 0 saturated heterocycles. The van der Waals surface area contributed by atoms with Crippen LogP contribution in [0, 0.1) is 26.7 Å². The van der Waals surface area contributed by atoms with Gasteiger partial charge in [0.15, 0.2) is 0 Å². The van der Waals surface area contributed by atoms with Gasteiger partial charge in [-0.1, -0.05) is 56.2 Å². The molecule has 1 nitrogen and oxygen atoms in total. The molecule has 0 aliphatic carbocycles. The fourth-order valence-electron chi connectivity index (χ4n) is 4.13. The van der Waals surface area contributed by atoms with E-state index >= 15 is 0 Å². The number of hydrogen-bond donors (Lipinski definition) is 1. The molecule has 0 fully saturated rings. The van der Waals surface area contributed by atoms with E-state index in [9.17, 15) is 0 Å².